The van der Waals surface area contributed by atoms with Crippen molar-refractivity contribution in [3.63, 3.8) is 0 Å². The van der Waals surface area contributed by atoms with Gasteiger partial charge in [0.25, 0.3) is 5.56 Å². The Morgan fingerprint density at radius 2 is 1.88 bits per heavy atom. The maximum absolute atomic E-state index is 11.7. The molecule has 6 nitrogen and oxygen atoms in total. The molecule has 0 amide bonds. The fourth-order valence-corrected chi connectivity index (χ4v) is 3.29. The molecule has 1 aliphatic heterocycles. The van der Waals surface area contributed by atoms with E-state index in [0.717, 1.165) is 29.7 Å². The van der Waals surface area contributed by atoms with Crippen LogP contribution >= 0.6 is 0 Å². The Labute approximate surface area is 149 Å². The minimum Gasteiger partial charge on any atom is -0.370 e. The summed E-state index contributed by atoms with van der Waals surface area (Å²) in [7, 11) is 3.99. The highest BCUT2D eigenvalue weighted by Gasteiger charge is 2.12. The Kier molecular flexibility index (Phi) is 6.04. The zero-order valence-electron chi connectivity index (χ0n) is 15.4. The molecule has 1 saturated heterocycles. The van der Waals surface area contributed by atoms with Gasteiger partial charge in [0.15, 0.2) is 0 Å². The maximum Gasteiger partial charge on any atom is 0.250 e. The van der Waals surface area contributed by atoms with Crippen LogP contribution in [0.25, 0.3) is 10.9 Å². The van der Waals surface area contributed by atoms with Crippen molar-refractivity contribution in [1.82, 2.24) is 19.4 Å². The monoisotopic (exact) mass is 343 g/mol. The number of aryl methyl sites for hydroxylation is 1. The zero-order chi connectivity index (χ0) is 17.6. The number of piperazine rings is 1. The molecule has 2 aromatic rings. The van der Waals surface area contributed by atoms with E-state index < -0.39 is 0 Å². The molecule has 25 heavy (non-hydrogen) atoms. The average Bonchev–Trinajstić information content (AvgIpc) is 2.63. The fourth-order valence-electron chi connectivity index (χ4n) is 3.29. The largest absolute Gasteiger partial charge is 0.370 e. The number of hydrogen-bond acceptors (Lipinski definition) is 5. The SMILES string of the molecule is CN1CCN(CCCCCNc2cc3c(ccc(=O)n3C)cn2)CC1. The summed E-state index contributed by atoms with van der Waals surface area (Å²) >= 11 is 0. The third-order valence-corrected chi connectivity index (χ3v) is 5.06. The highest BCUT2D eigenvalue weighted by Crippen LogP contribution is 2.14. The lowest BCUT2D eigenvalue weighted by atomic mass is 10.2. The molecule has 1 aliphatic rings. The summed E-state index contributed by atoms with van der Waals surface area (Å²) in [5.41, 5.74) is 0.925. The summed E-state index contributed by atoms with van der Waals surface area (Å²) in [4.78, 5) is 21.1. The van der Waals surface area contributed by atoms with Crippen LogP contribution in [-0.4, -0.2) is 65.7 Å². The maximum atomic E-state index is 11.7. The summed E-state index contributed by atoms with van der Waals surface area (Å²) in [5.74, 6) is 0.841. The molecule has 1 fully saturated rings. The molecule has 0 bridgehead atoms. The van der Waals surface area contributed by atoms with Gasteiger partial charge < -0.3 is 19.7 Å². The van der Waals surface area contributed by atoms with Crippen LogP contribution in [0, 0.1) is 0 Å². The van der Waals surface area contributed by atoms with Crippen LogP contribution in [0.2, 0.25) is 0 Å². The van der Waals surface area contributed by atoms with Crippen LogP contribution in [0.5, 0.6) is 0 Å². The Morgan fingerprint density at radius 3 is 2.68 bits per heavy atom. The summed E-state index contributed by atoms with van der Waals surface area (Å²) in [5, 5.41) is 4.37. The minimum absolute atomic E-state index is 0.00792. The average molecular weight is 343 g/mol. The highest BCUT2D eigenvalue weighted by atomic mass is 16.1. The van der Waals surface area contributed by atoms with Gasteiger partial charge in [0.2, 0.25) is 0 Å². The van der Waals surface area contributed by atoms with E-state index in [9.17, 15) is 4.79 Å². The van der Waals surface area contributed by atoms with E-state index >= 15 is 0 Å². The second kappa shape index (κ2) is 8.45. The van der Waals surface area contributed by atoms with Crippen molar-refractivity contribution >= 4 is 16.7 Å². The molecule has 0 atom stereocenters. The van der Waals surface area contributed by atoms with Crippen LogP contribution < -0.4 is 10.9 Å². The first-order chi connectivity index (χ1) is 12.1. The first-order valence-electron chi connectivity index (χ1n) is 9.24. The zero-order valence-corrected chi connectivity index (χ0v) is 15.4. The van der Waals surface area contributed by atoms with E-state index in [2.05, 4.69) is 27.1 Å². The minimum atomic E-state index is 0.00792. The molecule has 136 valence electrons. The molecule has 0 spiro atoms. The van der Waals surface area contributed by atoms with Crippen molar-refractivity contribution in [1.29, 1.82) is 0 Å². The summed E-state index contributed by atoms with van der Waals surface area (Å²) in [6.07, 6.45) is 5.45. The Hall–Kier alpha value is -1.92. The first kappa shape index (κ1) is 17.9. The van der Waals surface area contributed by atoms with E-state index in [-0.39, 0.29) is 5.56 Å². The van der Waals surface area contributed by atoms with Gasteiger partial charge in [-0.1, -0.05) is 6.42 Å². The third-order valence-electron chi connectivity index (χ3n) is 5.06. The molecule has 0 unspecified atom stereocenters. The molecule has 0 saturated carbocycles. The highest BCUT2D eigenvalue weighted by molar-refractivity contribution is 5.80. The molecular formula is C19H29N5O. The first-order valence-corrected chi connectivity index (χ1v) is 9.24. The van der Waals surface area contributed by atoms with Crippen molar-refractivity contribution in [2.45, 2.75) is 19.3 Å². The van der Waals surface area contributed by atoms with Gasteiger partial charge in [0.1, 0.15) is 5.82 Å². The number of pyridine rings is 2. The van der Waals surface area contributed by atoms with Crippen molar-refractivity contribution in [2.75, 3.05) is 51.6 Å². The van der Waals surface area contributed by atoms with Crippen LogP contribution in [0.1, 0.15) is 19.3 Å². The fraction of sp³-hybridized carbons (Fsp3) is 0.579. The topological polar surface area (TPSA) is 53.4 Å². The molecule has 3 rings (SSSR count). The summed E-state index contributed by atoms with van der Waals surface area (Å²) < 4.78 is 1.66. The number of nitrogens with zero attached hydrogens (tertiary/aromatic N) is 4. The number of nitrogens with one attached hydrogen (secondary N) is 1. The van der Waals surface area contributed by atoms with E-state index in [4.69, 9.17) is 0 Å². The van der Waals surface area contributed by atoms with E-state index in [0.29, 0.717) is 0 Å². The van der Waals surface area contributed by atoms with Gasteiger partial charge in [-0.2, -0.15) is 0 Å². The van der Waals surface area contributed by atoms with E-state index in [1.807, 2.05) is 18.3 Å². The standard InChI is InChI=1S/C19H29N5O/c1-22-10-12-24(13-11-22)9-5-3-4-8-20-18-14-17-16(15-21-18)6-7-19(25)23(17)2/h6-7,14-15H,3-5,8-13H2,1-2H3,(H,20,21). The molecule has 0 radical (unpaired) electrons. The van der Waals surface area contributed by atoms with E-state index in [1.165, 1.54) is 45.6 Å². The van der Waals surface area contributed by atoms with Crippen LogP contribution in [0.15, 0.2) is 29.2 Å². The molecule has 0 aromatic carbocycles. The van der Waals surface area contributed by atoms with Crippen LogP contribution in [0.3, 0.4) is 0 Å². The molecule has 2 aromatic heterocycles. The molecular weight excluding hydrogens is 314 g/mol. The lowest BCUT2D eigenvalue weighted by Gasteiger charge is -2.32. The number of aromatic nitrogens is 2. The van der Waals surface area contributed by atoms with Gasteiger partial charge in [0.05, 0.1) is 5.52 Å². The summed E-state index contributed by atoms with van der Waals surface area (Å²) in [6, 6.07) is 5.37. The normalized spacial score (nSPS) is 16.4. The van der Waals surface area contributed by atoms with Crippen molar-refractivity contribution in [3.8, 4) is 0 Å². The Bertz CT molecular complexity index is 749. The smallest absolute Gasteiger partial charge is 0.250 e. The summed E-state index contributed by atoms with van der Waals surface area (Å²) in [6.45, 7) is 6.92. The van der Waals surface area contributed by atoms with Crippen LogP contribution in [-0.2, 0) is 7.05 Å². The van der Waals surface area contributed by atoms with Crippen molar-refractivity contribution in [3.05, 3.63) is 34.7 Å². The lowest BCUT2D eigenvalue weighted by Crippen LogP contribution is -2.44. The lowest BCUT2D eigenvalue weighted by molar-refractivity contribution is 0.152. The number of fused-ring (bicyclic) bond motifs is 1. The van der Waals surface area contributed by atoms with Crippen LogP contribution in [0.4, 0.5) is 5.82 Å². The van der Waals surface area contributed by atoms with Crippen molar-refractivity contribution < 1.29 is 0 Å². The van der Waals surface area contributed by atoms with Gasteiger partial charge in [0, 0.05) is 63.5 Å². The molecule has 1 N–H and O–H groups in total. The third kappa shape index (κ3) is 4.80. The quantitative estimate of drug-likeness (QED) is 0.777. The number of anilines is 1. The van der Waals surface area contributed by atoms with Gasteiger partial charge in [-0.05, 0) is 32.5 Å². The number of hydrogen-bond donors (Lipinski definition) is 1. The van der Waals surface area contributed by atoms with E-state index in [1.54, 1.807) is 17.7 Å². The van der Waals surface area contributed by atoms with Gasteiger partial charge in [-0.25, -0.2) is 4.98 Å². The second-order valence-corrected chi connectivity index (χ2v) is 6.99. The number of rotatable bonds is 7. The number of unbranched alkanes of at least 4 members (excludes halogenated alkanes) is 2. The number of likely N-dealkylation sites (N-methyl/N-ethyl adjacent to an activating group) is 1. The van der Waals surface area contributed by atoms with Gasteiger partial charge in [-0.3, -0.25) is 4.79 Å². The second-order valence-electron chi connectivity index (χ2n) is 6.99. The molecule has 3 heterocycles. The predicted molar refractivity (Wildman–Crippen MR) is 103 cm³/mol. The van der Waals surface area contributed by atoms with Gasteiger partial charge >= 0.3 is 0 Å². The van der Waals surface area contributed by atoms with Crippen molar-refractivity contribution in [2.24, 2.45) is 7.05 Å². The molecule has 0 aliphatic carbocycles. The molecule has 6 heteroatoms. The Morgan fingerprint density at radius 1 is 1.08 bits per heavy atom. The van der Waals surface area contributed by atoms with Gasteiger partial charge in [-0.15, -0.1) is 0 Å². The Balaban J connectivity index is 1.40. The predicted octanol–water partition coefficient (Wildman–Crippen LogP) is 1.76.